The molecular weight excluding hydrogens is 1100 g/mol. The van der Waals surface area contributed by atoms with Crippen LogP contribution in [0.5, 0.6) is 0 Å². The highest BCUT2D eigenvalue weighted by Crippen LogP contribution is 2.45. The first kappa shape index (κ1) is 80.5. The third kappa shape index (κ3) is 58.3. The molecule has 0 radical (unpaired) electrons. The Labute approximate surface area is 503 Å². The molecule has 83 heavy (non-hydrogen) atoms. The summed E-state index contributed by atoms with van der Waals surface area (Å²) in [5, 5.41) is 10.5. The lowest BCUT2D eigenvalue weighted by molar-refractivity contribution is -0.161. The van der Waals surface area contributed by atoms with Crippen molar-refractivity contribution in [3.63, 3.8) is 0 Å². The largest absolute Gasteiger partial charge is 0.472 e. The molecule has 0 aromatic carbocycles. The molecule has 0 bridgehead atoms. The monoisotopic (exact) mass is 1220 g/mol. The molecule has 0 amide bonds. The number of carbonyl (C=O) groups is 4. The van der Waals surface area contributed by atoms with Gasteiger partial charge in [0.25, 0.3) is 0 Å². The predicted octanol–water partition coefficient (Wildman–Crippen LogP) is 17.1. The number of ether oxygens (including phenoxy) is 4. The minimum atomic E-state index is -4.95. The Morgan fingerprint density at radius 3 is 0.976 bits per heavy atom. The number of allylic oxidation sites excluding steroid dienone is 4. The Balaban J connectivity index is 5.26. The molecule has 0 aliphatic rings. The normalized spacial score (nSPS) is 14.6. The molecule has 0 heterocycles. The highest BCUT2D eigenvalue weighted by Gasteiger charge is 2.30. The van der Waals surface area contributed by atoms with Crippen LogP contribution >= 0.6 is 15.6 Å². The Morgan fingerprint density at radius 2 is 0.651 bits per heavy atom. The molecule has 0 aliphatic carbocycles. The maximum Gasteiger partial charge on any atom is 0.472 e. The van der Waals surface area contributed by atoms with Crippen LogP contribution in [-0.4, -0.2) is 96.7 Å². The van der Waals surface area contributed by atoms with E-state index in [0.717, 1.165) is 116 Å². The molecule has 488 valence electrons. The van der Waals surface area contributed by atoms with Gasteiger partial charge >= 0.3 is 39.5 Å². The first-order valence-corrected chi connectivity index (χ1v) is 35.7. The van der Waals surface area contributed by atoms with E-state index in [1.54, 1.807) is 0 Å². The summed E-state index contributed by atoms with van der Waals surface area (Å²) in [6.07, 6.45) is 38.9. The van der Waals surface area contributed by atoms with Crippen molar-refractivity contribution < 1.29 is 80.2 Å². The second kappa shape index (κ2) is 54.9. The van der Waals surface area contributed by atoms with Crippen LogP contribution < -0.4 is 0 Å². The van der Waals surface area contributed by atoms with Crippen LogP contribution in [-0.2, 0) is 65.4 Å². The maximum atomic E-state index is 13.0. The van der Waals surface area contributed by atoms with Gasteiger partial charge < -0.3 is 33.8 Å². The number of phosphoric ester groups is 2. The first-order valence-electron chi connectivity index (χ1n) is 32.7. The molecule has 5 atom stereocenters. The lowest BCUT2D eigenvalue weighted by Crippen LogP contribution is -2.30. The summed E-state index contributed by atoms with van der Waals surface area (Å²) < 4.78 is 67.9. The van der Waals surface area contributed by atoms with E-state index in [-0.39, 0.29) is 25.7 Å². The number of esters is 4. The molecular formula is C64H120O17P2. The zero-order chi connectivity index (χ0) is 61.7. The fourth-order valence-electron chi connectivity index (χ4n) is 8.94. The molecule has 0 rings (SSSR count). The zero-order valence-electron chi connectivity index (χ0n) is 53.1. The Bertz CT molecular complexity index is 1740. The van der Waals surface area contributed by atoms with Crippen LogP contribution in [0, 0.1) is 17.8 Å². The average Bonchev–Trinajstić information content (AvgIpc) is 3.45. The van der Waals surface area contributed by atoms with Crippen molar-refractivity contribution in [1.82, 2.24) is 0 Å². The van der Waals surface area contributed by atoms with Crippen LogP contribution in [0.1, 0.15) is 286 Å². The van der Waals surface area contributed by atoms with Gasteiger partial charge in [0.1, 0.15) is 19.3 Å². The molecule has 0 spiro atoms. The molecule has 17 nitrogen and oxygen atoms in total. The summed E-state index contributed by atoms with van der Waals surface area (Å²) in [5.74, 6) is -0.127. The Kier molecular flexibility index (Phi) is 53.3. The van der Waals surface area contributed by atoms with Crippen LogP contribution in [0.25, 0.3) is 0 Å². The van der Waals surface area contributed by atoms with E-state index < -0.39 is 97.5 Å². The summed E-state index contributed by atoms with van der Waals surface area (Å²) in [6.45, 7) is 11.5. The second-order valence-electron chi connectivity index (χ2n) is 23.9. The van der Waals surface area contributed by atoms with Gasteiger partial charge in [-0.3, -0.25) is 37.3 Å². The van der Waals surface area contributed by atoms with Gasteiger partial charge in [-0.05, 0) is 69.1 Å². The van der Waals surface area contributed by atoms with Gasteiger partial charge in [0.05, 0.1) is 26.4 Å². The maximum absolute atomic E-state index is 13.0. The van der Waals surface area contributed by atoms with Crippen LogP contribution in [0.4, 0.5) is 0 Å². The van der Waals surface area contributed by atoms with E-state index in [9.17, 15) is 43.2 Å². The van der Waals surface area contributed by atoms with Gasteiger partial charge in [0, 0.05) is 25.7 Å². The van der Waals surface area contributed by atoms with Crippen molar-refractivity contribution in [1.29, 1.82) is 0 Å². The zero-order valence-corrected chi connectivity index (χ0v) is 54.9. The van der Waals surface area contributed by atoms with Crippen LogP contribution in [0.2, 0.25) is 0 Å². The summed E-state index contributed by atoms with van der Waals surface area (Å²) in [4.78, 5) is 72.1. The number of carbonyl (C=O) groups excluding carboxylic acids is 4. The van der Waals surface area contributed by atoms with E-state index in [1.165, 1.54) is 70.6 Å². The minimum absolute atomic E-state index is 0.0831. The fourth-order valence-corrected chi connectivity index (χ4v) is 10.5. The van der Waals surface area contributed by atoms with E-state index >= 15 is 0 Å². The molecule has 19 heteroatoms. The highest BCUT2D eigenvalue weighted by molar-refractivity contribution is 7.47. The van der Waals surface area contributed by atoms with Gasteiger partial charge in [-0.25, -0.2) is 9.13 Å². The first-order chi connectivity index (χ1) is 39.7. The van der Waals surface area contributed by atoms with Crippen molar-refractivity contribution >= 4 is 39.5 Å². The quantitative estimate of drug-likeness (QED) is 0.0169. The average molecular weight is 1220 g/mol. The van der Waals surface area contributed by atoms with Gasteiger partial charge in [0.2, 0.25) is 0 Å². The van der Waals surface area contributed by atoms with Crippen molar-refractivity contribution in [2.24, 2.45) is 17.8 Å². The lowest BCUT2D eigenvalue weighted by Gasteiger charge is -2.21. The number of hydrogen-bond donors (Lipinski definition) is 3. The van der Waals surface area contributed by atoms with Crippen molar-refractivity contribution in [3.05, 3.63) is 24.3 Å². The molecule has 3 unspecified atom stereocenters. The molecule has 0 aromatic rings. The molecule has 0 aliphatic heterocycles. The number of hydrogen-bond acceptors (Lipinski definition) is 15. The standard InChI is InChI=1S/C64H120O17P2/c1-8-9-10-11-12-13-14-15-16-17-18-19-22-33-40-47-63(68)80-59(52-75-62(67)46-39-32-26-24-29-36-43-56(4)5)53-78-82(70,71)76-49-58(65)50-77-83(72,73)79-54-60(81-64(69)48-41-34-27-25-30-37-44-57(6)7)51-74-61(66)45-38-31-23-20-21-28-35-42-55(2)3/h13-16,55-60,65H,8-12,17-54H2,1-7H3,(H,70,71)(H,72,73)/b14-13-,16-15-/t58?,59-,60-/m1/s1. The van der Waals surface area contributed by atoms with Gasteiger partial charge in [0.15, 0.2) is 12.2 Å². The topological polar surface area (TPSA) is 237 Å². The number of unbranched alkanes of at least 4 members (excludes halogenated alkanes) is 25. The minimum Gasteiger partial charge on any atom is -0.462 e. The number of aliphatic hydroxyl groups excluding tert-OH is 1. The van der Waals surface area contributed by atoms with Gasteiger partial charge in [-0.2, -0.15) is 0 Å². The second-order valence-corrected chi connectivity index (χ2v) is 26.8. The molecule has 3 N–H and O–H groups in total. The molecule has 0 saturated carbocycles. The van der Waals surface area contributed by atoms with E-state index in [1.807, 2.05) is 0 Å². The summed E-state index contributed by atoms with van der Waals surface area (Å²) in [7, 11) is -9.90. The van der Waals surface area contributed by atoms with E-state index in [4.69, 9.17) is 37.0 Å². The lowest BCUT2D eigenvalue weighted by atomic mass is 10.0. The molecule has 0 saturated heterocycles. The summed E-state index contributed by atoms with van der Waals surface area (Å²) >= 11 is 0. The fraction of sp³-hybridized carbons (Fsp3) is 0.875. The molecule has 0 aromatic heterocycles. The molecule has 0 fully saturated rings. The predicted molar refractivity (Wildman–Crippen MR) is 330 cm³/mol. The van der Waals surface area contributed by atoms with Crippen molar-refractivity contribution in [3.8, 4) is 0 Å². The highest BCUT2D eigenvalue weighted by atomic mass is 31.2. The summed E-state index contributed by atoms with van der Waals surface area (Å²) in [5.41, 5.74) is 0. The third-order valence-corrected chi connectivity index (χ3v) is 15.9. The Morgan fingerprint density at radius 1 is 0.373 bits per heavy atom. The van der Waals surface area contributed by atoms with Crippen LogP contribution in [0.3, 0.4) is 0 Å². The number of phosphoric acid groups is 2. The number of rotatable bonds is 60. The van der Waals surface area contributed by atoms with E-state index in [2.05, 4.69) is 72.8 Å². The van der Waals surface area contributed by atoms with Gasteiger partial charge in [-0.15, -0.1) is 0 Å². The van der Waals surface area contributed by atoms with Crippen LogP contribution in [0.15, 0.2) is 24.3 Å². The Hall–Kier alpha value is -2.46. The van der Waals surface area contributed by atoms with Crippen molar-refractivity contribution in [2.45, 2.75) is 304 Å². The van der Waals surface area contributed by atoms with Gasteiger partial charge in [-0.1, -0.05) is 233 Å². The number of aliphatic hydroxyl groups is 1. The van der Waals surface area contributed by atoms with Crippen molar-refractivity contribution in [2.75, 3.05) is 39.6 Å². The van der Waals surface area contributed by atoms with E-state index in [0.29, 0.717) is 43.4 Å². The SMILES string of the molecule is CCCCCC/C=C\C=C/CCCCCCCC(=O)O[C@H](COC(=O)CCCCCCCCC(C)C)COP(=O)(O)OCC(O)COP(=O)(O)OC[C@@H](COC(=O)CCCCCCCCCC(C)C)OC(=O)CCCCCCCCC(C)C. The summed E-state index contributed by atoms with van der Waals surface area (Å²) in [6, 6.07) is 0. The third-order valence-electron chi connectivity index (χ3n) is 14.0. The smallest absolute Gasteiger partial charge is 0.462 e.